The summed E-state index contributed by atoms with van der Waals surface area (Å²) in [4.78, 5) is 5.42. The molecule has 6 nitrogen and oxygen atoms in total. The summed E-state index contributed by atoms with van der Waals surface area (Å²) in [5.41, 5.74) is 10.4. The summed E-state index contributed by atoms with van der Waals surface area (Å²) in [5, 5.41) is 0.293. The Labute approximate surface area is 129 Å². The summed E-state index contributed by atoms with van der Waals surface area (Å²) in [7, 11) is 0. The van der Waals surface area contributed by atoms with Crippen LogP contribution in [0.15, 0.2) is 22.6 Å². The predicted octanol–water partition coefficient (Wildman–Crippen LogP) is 1.78. The highest BCUT2D eigenvalue weighted by Gasteiger charge is 2.37. The van der Waals surface area contributed by atoms with E-state index in [-0.39, 0.29) is 5.71 Å². The third kappa shape index (κ3) is 3.47. The summed E-state index contributed by atoms with van der Waals surface area (Å²) in [6, 6.07) is 0. The molecule has 7 heteroatoms. The second-order valence-electron chi connectivity index (χ2n) is 4.59. The molecule has 0 aromatic carbocycles. The molecule has 1 unspecified atom stereocenters. The van der Waals surface area contributed by atoms with Gasteiger partial charge in [0.15, 0.2) is 16.9 Å². The molecule has 0 saturated carbocycles. The molecule has 1 heterocycles. The molecule has 1 aliphatic heterocycles. The maximum Gasteiger partial charge on any atom is 0.346 e. The minimum Gasteiger partial charge on any atom is -0.490 e. The maximum atomic E-state index is 9.21. The zero-order chi connectivity index (χ0) is 15.2. The van der Waals surface area contributed by atoms with Crippen molar-refractivity contribution >= 4 is 17.3 Å². The zero-order valence-corrected chi connectivity index (χ0v) is 13.1. The molecule has 1 atom stereocenters. The van der Waals surface area contributed by atoms with Crippen LogP contribution in [0, 0.1) is 0 Å². The lowest BCUT2D eigenvalue weighted by atomic mass is 10.0. The summed E-state index contributed by atoms with van der Waals surface area (Å²) >= 11 is 6.36. The molecule has 0 radical (unpaired) electrons. The standard InChI is InChI=1S/C14H20ClN3O3/c1-3-20-11-9-10(18-5-7-19-8-6-18)14(21-4-2)12(15)13(11)17-16/h9,11H,3-8H2,1-2H3. The summed E-state index contributed by atoms with van der Waals surface area (Å²) in [6.07, 6.45) is 1.41. The topological polar surface area (TPSA) is 67.3 Å². The monoisotopic (exact) mass is 313 g/mol. The molecule has 0 bridgehead atoms. The van der Waals surface area contributed by atoms with Crippen LogP contribution < -0.4 is 0 Å². The molecular formula is C14H20ClN3O3. The largest absolute Gasteiger partial charge is 0.490 e. The van der Waals surface area contributed by atoms with Crippen LogP contribution in [-0.4, -0.2) is 61.0 Å². The molecule has 1 saturated heterocycles. The second-order valence-corrected chi connectivity index (χ2v) is 4.97. The Morgan fingerprint density at radius 3 is 2.67 bits per heavy atom. The highest BCUT2D eigenvalue weighted by Crippen LogP contribution is 2.30. The Kier molecular flexibility index (Phi) is 5.82. The zero-order valence-electron chi connectivity index (χ0n) is 12.3. The molecule has 0 aromatic rings. The quantitative estimate of drug-likeness (QED) is 0.573. The lowest BCUT2D eigenvalue weighted by Crippen LogP contribution is -2.40. The van der Waals surface area contributed by atoms with Gasteiger partial charge in [-0.05, 0) is 19.9 Å². The van der Waals surface area contributed by atoms with Gasteiger partial charge in [-0.1, -0.05) is 11.6 Å². The smallest absolute Gasteiger partial charge is 0.346 e. The number of nitrogens with zero attached hydrogens (tertiary/aromatic N) is 3. The van der Waals surface area contributed by atoms with Gasteiger partial charge in [0.25, 0.3) is 0 Å². The molecule has 0 spiro atoms. The van der Waals surface area contributed by atoms with E-state index in [9.17, 15) is 5.53 Å². The van der Waals surface area contributed by atoms with Crippen LogP contribution in [0.5, 0.6) is 0 Å². The minimum absolute atomic E-state index is 0.277. The third-order valence-corrected chi connectivity index (χ3v) is 3.70. The molecule has 0 N–H and O–H groups in total. The van der Waals surface area contributed by atoms with E-state index in [4.69, 9.17) is 25.8 Å². The van der Waals surface area contributed by atoms with E-state index in [2.05, 4.69) is 9.69 Å². The fourth-order valence-corrected chi connectivity index (χ4v) is 2.69. The van der Waals surface area contributed by atoms with Gasteiger partial charge in [0.2, 0.25) is 0 Å². The maximum absolute atomic E-state index is 9.21. The van der Waals surface area contributed by atoms with Crippen LogP contribution in [0.1, 0.15) is 13.8 Å². The number of ether oxygens (including phenoxy) is 3. The Balaban J connectivity index is 2.38. The Morgan fingerprint density at radius 2 is 2.10 bits per heavy atom. The minimum atomic E-state index is -0.477. The van der Waals surface area contributed by atoms with Crippen LogP contribution >= 0.6 is 11.6 Å². The van der Waals surface area contributed by atoms with Crippen molar-refractivity contribution in [2.45, 2.75) is 20.0 Å². The second kappa shape index (κ2) is 7.61. The molecule has 2 rings (SSSR count). The lowest BCUT2D eigenvalue weighted by molar-refractivity contribution is -0.0235. The van der Waals surface area contributed by atoms with E-state index in [1.54, 1.807) is 0 Å². The molecule has 1 aliphatic carbocycles. The van der Waals surface area contributed by atoms with Crippen LogP contribution in [-0.2, 0) is 14.2 Å². The average molecular weight is 314 g/mol. The van der Waals surface area contributed by atoms with Crippen molar-refractivity contribution in [2.75, 3.05) is 39.5 Å². The molecule has 0 amide bonds. The van der Waals surface area contributed by atoms with Crippen molar-refractivity contribution in [1.29, 1.82) is 0 Å². The van der Waals surface area contributed by atoms with Gasteiger partial charge in [0, 0.05) is 19.7 Å². The summed E-state index contributed by atoms with van der Waals surface area (Å²) in [6.45, 7) is 7.58. The molecule has 0 aromatic heterocycles. The average Bonchev–Trinajstić information content (AvgIpc) is 2.51. The van der Waals surface area contributed by atoms with E-state index in [0.29, 0.717) is 37.2 Å². The lowest BCUT2D eigenvalue weighted by Gasteiger charge is -2.34. The van der Waals surface area contributed by atoms with Gasteiger partial charge in [-0.15, -0.1) is 0 Å². The number of hydrogen-bond acceptors (Lipinski definition) is 4. The van der Waals surface area contributed by atoms with Gasteiger partial charge in [-0.3, -0.25) is 0 Å². The van der Waals surface area contributed by atoms with Crippen LogP contribution in [0.4, 0.5) is 0 Å². The van der Waals surface area contributed by atoms with Crippen molar-refractivity contribution in [2.24, 2.45) is 0 Å². The van der Waals surface area contributed by atoms with Gasteiger partial charge < -0.3 is 24.6 Å². The van der Waals surface area contributed by atoms with Crippen LogP contribution in [0.2, 0.25) is 0 Å². The van der Waals surface area contributed by atoms with E-state index in [1.807, 2.05) is 19.9 Å². The highest BCUT2D eigenvalue weighted by atomic mass is 35.5. The van der Waals surface area contributed by atoms with E-state index in [0.717, 1.165) is 18.8 Å². The molecule has 1 fully saturated rings. The Hall–Kier alpha value is -1.33. The van der Waals surface area contributed by atoms with Gasteiger partial charge in [-0.2, -0.15) is 4.79 Å². The highest BCUT2D eigenvalue weighted by molar-refractivity contribution is 6.44. The summed E-state index contributed by atoms with van der Waals surface area (Å²) in [5.74, 6) is 0.532. The SMILES string of the molecule is CCOC1=C(Cl)C(=[N+]=[N-])C(OCC)C=C1N1CCOCC1. The number of morpholine rings is 1. The van der Waals surface area contributed by atoms with Crippen molar-refractivity contribution in [3.05, 3.63) is 28.1 Å². The first-order valence-corrected chi connectivity index (χ1v) is 7.52. The Morgan fingerprint density at radius 1 is 1.38 bits per heavy atom. The third-order valence-electron chi connectivity index (χ3n) is 3.33. The number of halogens is 1. The van der Waals surface area contributed by atoms with E-state index < -0.39 is 6.10 Å². The van der Waals surface area contributed by atoms with Gasteiger partial charge in [0.1, 0.15) is 0 Å². The number of rotatable bonds is 5. The normalized spacial score (nSPS) is 23.0. The first-order chi connectivity index (χ1) is 10.2. The summed E-state index contributed by atoms with van der Waals surface area (Å²) < 4.78 is 16.6. The Bertz CT molecular complexity index is 492. The molecule has 2 aliphatic rings. The predicted molar refractivity (Wildman–Crippen MR) is 79.0 cm³/mol. The number of hydrogen-bond donors (Lipinski definition) is 0. The van der Waals surface area contributed by atoms with Crippen molar-refractivity contribution < 1.29 is 19.0 Å². The molecule has 116 valence electrons. The first-order valence-electron chi connectivity index (χ1n) is 7.14. The van der Waals surface area contributed by atoms with Crippen molar-refractivity contribution in [3.63, 3.8) is 0 Å². The van der Waals surface area contributed by atoms with Crippen molar-refractivity contribution in [1.82, 2.24) is 4.90 Å². The van der Waals surface area contributed by atoms with Crippen molar-refractivity contribution in [3.8, 4) is 0 Å². The van der Waals surface area contributed by atoms with Gasteiger partial charge >= 0.3 is 5.71 Å². The fourth-order valence-electron chi connectivity index (χ4n) is 2.39. The van der Waals surface area contributed by atoms with Gasteiger partial charge in [-0.25, -0.2) is 0 Å². The fraction of sp³-hybridized carbons (Fsp3) is 0.643. The van der Waals surface area contributed by atoms with Gasteiger partial charge in [0.05, 0.1) is 25.5 Å². The molecular weight excluding hydrogens is 294 g/mol. The first kappa shape index (κ1) is 16.0. The van der Waals surface area contributed by atoms with Crippen LogP contribution in [0.3, 0.4) is 0 Å². The van der Waals surface area contributed by atoms with Crippen LogP contribution in [0.25, 0.3) is 5.53 Å². The molecule has 21 heavy (non-hydrogen) atoms. The van der Waals surface area contributed by atoms with E-state index in [1.165, 1.54) is 0 Å². The van der Waals surface area contributed by atoms with E-state index >= 15 is 0 Å².